The highest BCUT2D eigenvalue weighted by atomic mass is 35.5. The van der Waals surface area contributed by atoms with E-state index < -0.39 is 22.8 Å². The van der Waals surface area contributed by atoms with Crippen molar-refractivity contribution < 1.29 is 18.0 Å². The van der Waals surface area contributed by atoms with Crippen LogP contribution < -0.4 is 10.6 Å². The van der Waals surface area contributed by atoms with Gasteiger partial charge in [-0.2, -0.15) is 13.2 Å². The summed E-state index contributed by atoms with van der Waals surface area (Å²) in [7, 11) is 0. The van der Waals surface area contributed by atoms with Crippen LogP contribution in [0.3, 0.4) is 0 Å². The summed E-state index contributed by atoms with van der Waals surface area (Å²) in [6.45, 7) is 0. The van der Waals surface area contributed by atoms with Gasteiger partial charge in [0.2, 0.25) is 5.95 Å². The summed E-state index contributed by atoms with van der Waals surface area (Å²) in [6, 6.07) is 2.32. The molecule has 7 nitrogen and oxygen atoms in total. The van der Waals surface area contributed by atoms with E-state index in [1.165, 1.54) is 24.8 Å². The number of hydrogen-bond acceptors (Lipinski definition) is 4. The average Bonchev–Trinajstić information content (AvgIpc) is 3.11. The Bertz CT molecular complexity index is 912. The van der Waals surface area contributed by atoms with E-state index >= 15 is 0 Å². The SMILES string of the molecule is O=C(Nc1cnc(-n2ccnc2)nc1)Nc1ccc(Cl)c(C(F)(F)F)c1. The van der Waals surface area contributed by atoms with Crippen LogP contribution in [0.1, 0.15) is 5.56 Å². The van der Waals surface area contributed by atoms with Crippen molar-refractivity contribution in [2.75, 3.05) is 10.6 Å². The molecular weight excluding hydrogens is 373 g/mol. The number of benzene rings is 1. The third-order valence-electron chi connectivity index (χ3n) is 3.16. The van der Waals surface area contributed by atoms with Crippen LogP contribution in [-0.4, -0.2) is 25.6 Å². The Morgan fingerprint density at radius 3 is 2.42 bits per heavy atom. The summed E-state index contributed by atoms with van der Waals surface area (Å²) in [5.74, 6) is 0.348. The number of nitrogens with one attached hydrogen (secondary N) is 2. The largest absolute Gasteiger partial charge is 0.417 e. The molecule has 26 heavy (non-hydrogen) atoms. The molecule has 0 atom stereocenters. The van der Waals surface area contributed by atoms with Crippen molar-refractivity contribution in [3.63, 3.8) is 0 Å². The predicted molar refractivity (Wildman–Crippen MR) is 88.2 cm³/mol. The number of amides is 2. The highest BCUT2D eigenvalue weighted by molar-refractivity contribution is 6.31. The van der Waals surface area contributed by atoms with Crippen molar-refractivity contribution in [3.05, 3.63) is 59.9 Å². The summed E-state index contributed by atoms with van der Waals surface area (Å²) in [5.41, 5.74) is -0.837. The molecule has 0 spiro atoms. The van der Waals surface area contributed by atoms with Crippen LogP contribution in [0.25, 0.3) is 5.95 Å². The number of anilines is 2. The van der Waals surface area contributed by atoms with E-state index in [1.54, 1.807) is 17.0 Å². The maximum Gasteiger partial charge on any atom is 0.417 e. The molecule has 2 heterocycles. The average molecular weight is 383 g/mol. The molecule has 0 aliphatic rings. The van der Waals surface area contributed by atoms with Crippen molar-refractivity contribution in [3.8, 4) is 5.95 Å². The van der Waals surface area contributed by atoms with Crippen molar-refractivity contribution in [1.29, 1.82) is 0 Å². The van der Waals surface area contributed by atoms with E-state index in [0.29, 0.717) is 5.95 Å². The number of carbonyl (C=O) groups is 1. The first-order chi connectivity index (χ1) is 12.3. The van der Waals surface area contributed by atoms with Crippen molar-refractivity contribution >= 4 is 29.0 Å². The lowest BCUT2D eigenvalue weighted by Gasteiger charge is -2.12. The molecule has 3 aromatic rings. The standard InChI is InChI=1S/C15H10ClF3N6O/c16-12-2-1-9(5-11(12)15(17,18)19)23-14(26)24-10-6-21-13(22-7-10)25-4-3-20-8-25/h1-8H,(H2,23,24,26). The van der Waals surface area contributed by atoms with Gasteiger partial charge < -0.3 is 10.6 Å². The number of aromatic nitrogens is 4. The predicted octanol–water partition coefficient (Wildman–Crippen LogP) is 3.98. The highest BCUT2D eigenvalue weighted by Gasteiger charge is 2.33. The molecule has 0 bridgehead atoms. The summed E-state index contributed by atoms with van der Waals surface area (Å²) < 4.78 is 40.1. The van der Waals surface area contributed by atoms with Crippen LogP contribution >= 0.6 is 11.6 Å². The fourth-order valence-corrected chi connectivity index (χ4v) is 2.23. The molecule has 0 unspecified atom stereocenters. The number of rotatable bonds is 3. The quantitative estimate of drug-likeness (QED) is 0.717. The molecule has 0 aliphatic heterocycles. The van der Waals surface area contributed by atoms with Gasteiger partial charge in [-0.3, -0.25) is 4.57 Å². The zero-order valence-corrected chi connectivity index (χ0v) is 13.6. The Labute approximate surface area is 149 Å². The minimum atomic E-state index is -4.62. The molecule has 0 aliphatic carbocycles. The van der Waals surface area contributed by atoms with Crippen molar-refractivity contribution in [2.45, 2.75) is 6.18 Å². The van der Waals surface area contributed by atoms with E-state index in [-0.39, 0.29) is 11.4 Å². The molecule has 0 saturated carbocycles. The van der Waals surface area contributed by atoms with Gasteiger partial charge in [-0.15, -0.1) is 0 Å². The zero-order valence-electron chi connectivity index (χ0n) is 12.8. The second-order valence-corrected chi connectivity index (χ2v) is 5.42. The Morgan fingerprint density at radius 1 is 1.12 bits per heavy atom. The summed E-state index contributed by atoms with van der Waals surface area (Å²) in [5, 5.41) is 4.26. The van der Waals surface area contributed by atoms with Gasteiger partial charge in [0, 0.05) is 18.1 Å². The van der Waals surface area contributed by atoms with E-state index in [2.05, 4.69) is 25.6 Å². The van der Waals surface area contributed by atoms with Gasteiger partial charge in [-0.1, -0.05) is 11.6 Å². The molecule has 0 fully saturated rings. The maximum atomic E-state index is 12.8. The normalized spacial score (nSPS) is 11.2. The number of nitrogens with zero attached hydrogens (tertiary/aromatic N) is 4. The second kappa shape index (κ2) is 7.00. The summed E-state index contributed by atoms with van der Waals surface area (Å²) in [4.78, 5) is 23.9. The van der Waals surface area contributed by atoms with E-state index in [1.807, 2.05) is 0 Å². The summed E-state index contributed by atoms with van der Waals surface area (Å²) >= 11 is 5.53. The molecule has 2 amide bonds. The van der Waals surface area contributed by atoms with Crippen molar-refractivity contribution in [2.24, 2.45) is 0 Å². The molecule has 11 heteroatoms. The Hall–Kier alpha value is -3.14. The lowest BCUT2D eigenvalue weighted by atomic mass is 10.2. The Kier molecular flexibility index (Phi) is 4.76. The molecule has 2 aromatic heterocycles. The Morgan fingerprint density at radius 2 is 1.81 bits per heavy atom. The molecule has 2 N–H and O–H groups in total. The minimum Gasteiger partial charge on any atom is -0.308 e. The van der Waals surface area contributed by atoms with Crippen LogP contribution in [0.15, 0.2) is 49.3 Å². The van der Waals surface area contributed by atoms with Gasteiger partial charge in [0.25, 0.3) is 0 Å². The number of carbonyl (C=O) groups excluding carboxylic acids is 1. The van der Waals surface area contributed by atoms with Crippen molar-refractivity contribution in [1.82, 2.24) is 19.5 Å². The number of urea groups is 1. The lowest BCUT2D eigenvalue weighted by Crippen LogP contribution is -2.20. The second-order valence-electron chi connectivity index (χ2n) is 5.01. The number of hydrogen-bond donors (Lipinski definition) is 2. The molecule has 0 saturated heterocycles. The van der Waals surface area contributed by atoms with Gasteiger partial charge in [-0.05, 0) is 18.2 Å². The first-order valence-corrected chi connectivity index (χ1v) is 7.46. The fourth-order valence-electron chi connectivity index (χ4n) is 2.01. The number of halogens is 4. The molecule has 3 rings (SSSR count). The zero-order chi connectivity index (χ0) is 18.7. The third-order valence-corrected chi connectivity index (χ3v) is 3.49. The smallest absolute Gasteiger partial charge is 0.308 e. The number of imidazole rings is 1. The lowest BCUT2D eigenvalue weighted by molar-refractivity contribution is -0.137. The van der Waals surface area contributed by atoms with E-state index in [4.69, 9.17) is 11.6 Å². The maximum absolute atomic E-state index is 12.8. The minimum absolute atomic E-state index is 0.0600. The topological polar surface area (TPSA) is 84.7 Å². The molecule has 1 aromatic carbocycles. The first-order valence-electron chi connectivity index (χ1n) is 7.08. The van der Waals surface area contributed by atoms with Crippen LogP contribution in [0.5, 0.6) is 0 Å². The van der Waals surface area contributed by atoms with Crippen LogP contribution in [0.4, 0.5) is 29.3 Å². The summed E-state index contributed by atoms with van der Waals surface area (Å²) in [6.07, 6.45) is 2.80. The Balaban J connectivity index is 1.68. The van der Waals surface area contributed by atoms with Gasteiger partial charge in [-0.25, -0.2) is 19.7 Å². The number of alkyl halides is 3. The van der Waals surface area contributed by atoms with Gasteiger partial charge >= 0.3 is 12.2 Å². The monoisotopic (exact) mass is 382 g/mol. The van der Waals surface area contributed by atoms with E-state index in [0.717, 1.165) is 12.1 Å². The highest BCUT2D eigenvalue weighted by Crippen LogP contribution is 2.36. The van der Waals surface area contributed by atoms with Gasteiger partial charge in [0.15, 0.2) is 0 Å². The molecular formula is C15H10ClF3N6O. The van der Waals surface area contributed by atoms with E-state index in [9.17, 15) is 18.0 Å². The van der Waals surface area contributed by atoms with Gasteiger partial charge in [0.05, 0.1) is 28.7 Å². The molecule has 134 valence electrons. The van der Waals surface area contributed by atoms with Crippen LogP contribution in [0, 0.1) is 0 Å². The first kappa shape index (κ1) is 17.7. The van der Waals surface area contributed by atoms with Crippen LogP contribution in [-0.2, 0) is 6.18 Å². The van der Waals surface area contributed by atoms with Gasteiger partial charge in [0.1, 0.15) is 6.33 Å². The fraction of sp³-hybridized carbons (Fsp3) is 0.0667. The third kappa shape index (κ3) is 4.09. The van der Waals surface area contributed by atoms with Crippen LogP contribution in [0.2, 0.25) is 5.02 Å². The molecule has 0 radical (unpaired) electrons.